The molecule has 3 fully saturated rings. The maximum Gasteiger partial charge on any atom is 0.0658 e. The average Bonchev–Trinajstić information content (AvgIpc) is 1.87. The Balaban J connectivity index is 2.10. The Kier molecular flexibility index (Phi) is 1.20. The molecule has 3 rings (SSSR count). The Morgan fingerprint density at radius 2 is 2.10 bits per heavy atom. The van der Waals surface area contributed by atoms with E-state index in [0.717, 1.165) is 18.8 Å². The predicted octanol–water partition coefficient (Wildman–Crippen LogP) is 0.398. The zero-order valence-electron chi connectivity index (χ0n) is 6.12. The molecule has 0 amide bonds. The lowest BCUT2D eigenvalue weighted by Gasteiger charge is -2.46. The molecule has 3 nitrogen and oxygen atoms in total. The summed E-state index contributed by atoms with van der Waals surface area (Å²) < 4.78 is 0. The fraction of sp³-hybridized carbons (Fsp3) is 0.857. The first kappa shape index (κ1) is 6.16. The SMILES string of the molecule is CN1CC2CC(C1)C2=NO. The van der Waals surface area contributed by atoms with E-state index >= 15 is 0 Å². The van der Waals surface area contributed by atoms with Crippen molar-refractivity contribution in [2.75, 3.05) is 20.1 Å². The molecule has 0 aromatic rings. The highest BCUT2D eigenvalue weighted by atomic mass is 16.4. The summed E-state index contributed by atoms with van der Waals surface area (Å²) in [5.41, 5.74) is 1.04. The first-order chi connectivity index (χ1) is 4.81. The fourth-order valence-corrected chi connectivity index (χ4v) is 2.08. The maximum absolute atomic E-state index is 8.55. The third-order valence-corrected chi connectivity index (χ3v) is 2.59. The van der Waals surface area contributed by atoms with Gasteiger partial charge in [-0.05, 0) is 13.5 Å². The van der Waals surface area contributed by atoms with E-state index in [0.29, 0.717) is 11.8 Å². The standard InChI is InChI=1S/C7H12N2O/c1-9-3-5-2-6(4-9)7(5)8-10/h5-6,10H,2-4H2,1H3. The third kappa shape index (κ3) is 0.669. The van der Waals surface area contributed by atoms with Crippen LogP contribution in [0.4, 0.5) is 0 Å². The van der Waals surface area contributed by atoms with Crippen molar-refractivity contribution < 1.29 is 5.21 Å². The molecule has 56 valence electrons. The molecule has 1 N–H and O–H groups in total. The van der Waals surface area contributed by atoms with Gasteiger partial charge in [-0.15, -0.1) is 0 Å². The summed E-state index contributed by atoms with van der Waals surface area (Å²) in [6.45, 7) is 2.16. The highest BCUT2D eigenvalue weighted by Crippen LogP contribution is 2.36. The molecule has 1 aliphatic carbocycles. The Morgan fingerprint density at radius 3 is 2.60 bits per heavy atom. The van der Waals surface area contributed by atoms with Crippen molar-refractivity contribution in [3.8, 4) is 0 Å². The maximum atomic E-state index is 8.55. The number of hydrogen-bond donors (Lipinski definition) is 1. The van der Waals surface area contributed by atoms with Crippen LogP contribution in [0, 0.1) is 11.8 Å². The number of piperidine rings is 2. The second kappa shape index (κ2) is 1.95. The number of nitrogens with zero attached hydrogens (tertiary/aromatic N) is 2. The summed E-state index contributed by atoms with van der Waals surface area (Å²) in [7, 11) is 2.12. The Labute approximate surface area is 60.3 Å². The predicted molar refractivity (Wildman–Crippen MR) is 38.3 cm³/mol. The summed E-state index contributed by atoms with van der Waals surface area (Å²) in [5.74, 6) is 1.13. The molecule has 10 heavy (non-hydrogen) atoms. The van der Waals surface area contributed by atoms with Crippen LogP contribution in [-0.2, 0) is 0 Å². The van der Waals surface area contributed by atoms with Crippen molar-refractivity contribution in [3.63, 3.8) is 0 Å². The molecule has 2 aliphatic heterocycles. The Morgan fingerprint density at radius 1 is 1.50 bits per heavy atom. The van der Waals surface area contributed by atoms with Gasteiger partial charge in [0.25, 0.3) is 0 Å². The average molecular weight is 140 g/mol. The van der Waals surface area contributed by atoms with Crippen LogP contribution in [0.15, 0.2) is 5.16 Å². The van der Waals surface area contributed by atoms with Gasteiger partial charge < -0.3 is 10.1 Å². The number of fused-ring (bicyclic) bond motifs is 2. The van der Waals surface area contributed by atoms with Crippen LogP contribution in [0.2, 0.25) is 0 Å². The zero-order valence-corrected chi connectivity index (χ0v) is 6.12. The topological polar surface area (TPSA) is 35.8 Å². The van der Waals surface area contributed by atoms with E-state index < -0.39 is 0 Å². The van der Waals surface area contributed by atoms with Gasteiger partial charge in [-0.3, -0.25) is 0 Å². The molecule has 3 aliphatic rings. The molecule has 0 aromatic heterocycles. The molecule has 3 heteroatoms. The molecule has 2 saturated heterocycles. The van der Waals surface area contributed by atoms with Crippen molar-refractivity contribution in [2.24, 2.45) is 17.0 Å². The first-order valence-electron chi connectivity index (χ1n) is 3.71. The van der Waals surface area contributed by atoms with E-state index in [1.165, 1.54) is 6.42 Å². The van der Waals surface area contributed by atoms with Crippen LogP contribution in [-0.4, -0.2) is 36.0 Å². The van der Waals surface area contributed by atoms with E-state index in [1.807, 2.05) is 0 Å². The highest BCUT2D eigenvalue weighted by molar-refractivity contribution is 5.94. The fourth-order valence-electron chi connectivity index (χ4n) is 2.08. The lowest BCUT2D eigenvalue weighted by molar-refractivity contribution is 0.158. The summed E-state index contributed by atoms with van der Waals surface area (Å²) in [6.07, 6.45) is 1.24. The summed E-state index contributed by atoms with van der Waals surface area (Å²) in [4.78, 5) is 2.30. The van der Waals surface area contributed by atoms with Crippen molar-refractivity contribution in [1.29, 1.82) is 0 Å². The lowest BCUT2D eigenvalue weighted by atomic mass is 9.69. The molecule has 2 bridgehead atoms. The summed E-state index contributed by atoms with van der Waals surface area (Å²) >= 11 is 0. The van der Waals surface area contributed by atoms with E-state index in [4.69, 9.17) is 5.21 Å². The molecule has 0 spiro atoms. The number of hydrogen-bond acceptors (Lipinski definition) is 3. The molecule has 2 atom stereocenters. The second-order valence-electron chi connectivity index (χ2n) is 3.38. The van der Waals surface area contributed by atoms with Gasteiger partial charge in [-0.1, -0.05) is 5.16 Å². The Bertz CT molecular complexity index is 164. The molecule has 0 radical (unpaired) electrons. The van der Waals surface area contributed by atoms with Crippen LogP contribution < -0.4 is 0 Å². The highest BCUT2D eigenvalue weighted by Gasteiger charge is 2.42. The minimum atomic E-state index is 0.564. The van der Waals surface area contributed by atoms with Crippen molar-refractivity contribution in [2.45, 2.75) is 6.42 Å². The lowest BCUT2D eigenvalue weighted by Crippen LogP contribution is -2.54. The van der Waals surface area contributed by atoms with E-state index in [2.05, 4.69) is 17.1 Å². The van der Waals surface area contributed by atoms with Gasteiger partial charge in [0.15, 0.2) is 0 Å². The van der Waals surface area contributed by atoms with Gasteiger partial charge in [0.05, 0.1) is 5.71 Å². The molecule has 0 aromatic carbocycles. The van der Waals surface area contributed by atoms with E-state index in [-0.39, 0.29) is 0 Å². The zero-order chi connectivity index (χ0) is 7.14. The van der Waals surface area contributed by atoms with Crippen molar-refractivity contribution >= 4 is 5.71 Å². The van der Waals surface area contributed by atoms with Crippen molar-refractivity contribution in [3.05, 3.63) is 0 Å². The monoisotopic (exact) mass is 140 g/mol. The smallest absolute Gasteiger partial charge is 0.0658 e. The summed E-state index contributed by atoms with van der Waals surface area (Å²) in [5, 5.41) is 11.9. The van der Waals surface area contributed by atoms with Crippen LogP contribution in [0.3, 0.4) is 0 Å². The van der Waals surface area contributed by atoms with E-state index in [9.17, 15) is 0 Å². The van der Waals surface area contributed by atoms with Gasteiger partial charge in [0.2, 0.25) is 0 Å². The van der Waals surface area contributed by atoms with Crippen LogP contribution >= 0.6 is 0 Å². The van der Waals surface area contributed by atoms with E-state index in [1.54, 1.807) is 0 Å². The van der Waals surface area contributed by atoms with Crippen LogP contribution in [0.25, 0.3) is 0 Å². The van der Waals surface area contributed by atoms with Gasteiger partial charge in [-0.25, -0.2) is 0 Å². The number of oxime groups is 1. The largest absolute Gasteiger partial charge is 0.411 e. The summed E-state index contributed by atoms with van der Waals surface area (Å²) in [6, 6.07) is 0. The normalized spacial score (nSPS) is 39.1. The molecular formula is C7H12N2O. The molecule has 2 heterocycles. The molecule has 2 unspecified atom stereocenters. The van der Waals surface area contributed by atoms with Gasteiger partial charge in [0.1, 0.15) is 0 Å². The van der Waals surface area contributed by atoms with Crippen LogP contribution in [0.1, 0.15) is 6.42 Å². The number of rotatable bonds is 0. The van der Waals surface area contributed by atoms with Crippen LogP contribution in [0.5, 0.6) is 0 Å². The Hall–Kier alpha value is -0.570. The second-order valence-corrected chi connectivity index (χ2v) is 3.38. The van der Waals surface area contributed by atoms with Gasteiger partial charge in [-0.2, -0.15) is 0 Å². The van der Waals surface area contributed by atoms with Crippen molar-refractivity contribution in [1.82, 2.24) is 4.90 Å². The first-order valence-corrected chi connectivity index (χ1v) is 3.71. The third-order valence-electron chi connectivity index (χ3n) is 2.59. The molecule has 1 saturated carbocycles. The quantitative estimate of drug-likeness (QED) is 0.390. The minimum Gasteiger partial charge on any atom is -0.411 e. The van der Waals surface area contributed by atoms with Gasteiger partial charge in [0, 0.05) is 24.9 Å². The molecular weight excluding hydrogens is 128 g/mol. The van der Waals surface area contributed by atoms with Gasteiger partial charge >= 0.3 is 0 Å². The minimum absolute atomic E-state index is 0.564.